The Kier molecular flexibility index (Phi) is 9.71. The maximum atomic E-state index is 12.2. The number of hydrogen-bond acceptors (Lipinski definition) is 3. The summed E-state index contributed by atoms with van der Waals surface area (Å²) in [5, 5.41) is 0. The number of Topliss-reactive ketones (excluding diaryl/α,β-unsaturated/α-hetero) is 1. The van der Waals surface area contributed by atoms with Gasteiger partial charge < -0.3 is 4.90 Å². The van der Waals surface area contributed by atoms with Crippen LogP contribution in [0.3, 0.4) is 0 Å². The molecule has 0 saturated heterocycles. The first kappa shape index (κ1) is 20.6. The minimum atomic E-state index is 0.0685. The van der Waals surface area contributed by atoms with Crippen molar-refractivity contribution < 1.29 is 4.79 Å². The van der Waals surface area contributed by atoms with Crippen LogP contribution in [0.25, 0.3) is 0 Å². The van der Waals surface area contributed by atoms with Crippen LogP contribution in [0.15, 0.2) is 28.5 Å². The lowest BCUT2D eigenvalue weighted by atomic mass is 9.97. The molecule has 0 heterocycles. The Balaban J connectivity index is 5.73. The Morgan fingerprint density at radius 1 is 1.18 bits per heavy atom. The van der Waals surface area contributed by atoms with Crippen LogP contribution in [0.4, 0.5) is 0 Å². The minimum Gasteiger partial charge on any atom is -0.377 e. The van der Waals surface area contributed by atoms with Crippen LogP contribution in [0.5, 0.6) is 0 Å². The van der Waals surface area contributed by atoms with Gasteiger partial charge in [0, 0.05) is 31.2 Å². The number of carbonyl (C=O) groups is 1. The highest BCUT2D eigenvalue weighted by Crippen LogP contribution is 2.22. The molecule has 0 fully saturated rings. The molecule has 0 aromatic heterocycles. The minimum absolute atomic E-state index is 0.0685. The molecule has 0 aliphatic carbocycles. The molecule has 0 amide bonds. The molecular formula is C19H34N2O. The van der Waals surface area contributed by atoms with Gasteiger partial charge in [0.15, 0.2) is 5.78 Å². The van der Waals surface area contributed by atoms with Crippen molar-refractivity contribution >= 4 is 12.0 Å². The van der Waals surface area contributed by atoms with Crippen molar-refractivity contribution in [2.24, 2.45) is 16.8 Å². The second kappa shape index (κ2) is 10.4. The van der Waals surface area contributed by atoms with Crippen molar-refractivity contribution in [3.63, 3.8) is 0 Å². The van der Waals surface area contributed by atoms with E-state index < -0.39 is 0 Å². The predicted molar refractivity (Wildman–Crippen MR) is 97.2 cm³/mol. The van der Waals surface area contributed by atoms with Crippen LogP contribution in [-0.2, 0) is 4.79 Å². The normalized spacial score (nSPS) is 15.4. The first-order valence-corrected chi connectivity index (χ1v) is 8.49. The maximum absolute atomic E-state index is 12.2. The van der Waals surface area contributed by atoms with E-state index in [1.807, 2.05) is 0 Å². The Hall–Kier alpha value is -1.38. The van der Waals surface area contributed by atoms with Crippen molar-refractivity contribution in [3.8, 4) is 0 Å². The summed E-state index contributed by atoms with van der Waals surface area (Å²) in [5.41, 5.74) is 2.65. The average molecular weight is 306 g/mol. The van der Waals surface area contributed by atoms with E-state index in [1.165, 1.54) is 0 Å². The van der Waals surface area contributed by atoms with Gasteiger partial charge >= 0.3 is 0 Å². The summed E-state index contributed by atoms with van der Waals surface area (Å²) >= 11 is 0. The zero-order valence-electron chi connectivity index (χ0n) is 15.6. The quantitative estimate of drug-likeness (QED) is 0.427. The predicted octanol–water partition coefficient (Wildman–Crippen LogP) is 4.85. The lowest BCUT2D eigenvalue weighted by Gasteiger charge is -2.28. The molecule has 0 rings (SSSR count). The highest BCUT2D eigenvalue weighted by atomic mass is 16.1. The van der Waals surface area contributed by atoms with E-state index in [4.69, 9.17) is 0 Å². The van der Waals surface area contributed by atoms with Gasteiger partial charge in [-0.3, -0.25) is 9.79 Å². The molecule has 3 heteroatoms. The number of rotatable bonds is 10. The fraction of sp³-hybridized carbons (Fsp3) is 0.684. The van der Waals surface area contributed by atoms with Crippen LogP contribution in [0, 0.1) is 11.8 Å². The zero-order chi connectivity index (χ0) is 17.3. The standard InChI is InChI=1S/C19H34N2O/c1-9-12-21(8)19(15(5)11-3)18(17(7)22)13-20-16(6)14(4)10-2/h13-15H,6,9-12H2,1-5,7-8H3/b19-18-,20-13?. The third kappa shape index (κ3) is 6.17. The van der Waals surface area contributed by atoms with E-state index in [0.717, 1.165) is 42.8 Å². The average Bonchev–Trinajstić information content (AvgIpc) is 2.49. The van der Waals surface area contributed by atoms with Gasteiger partial charge in [0.2, 0.25) is 0 Å². The molecule has 0 aliphatic heterocycles. The lowest BCUT2D eigenvalue weighted by Crippen LogP contribution is -2.26. The first-order valence-electron chi connectivity index (χ1n) is 8.49. The Bertz CT molecular complexity index is 435. The van der Waals surface area contributed by atoms with E-state index in [-0.39, 0.29) is 5.78 Å². The highest BCUT2D eigenvalue weighted by molar-refractivity contribution is 6.13. The number of aliphatic imine (C=N–C) groups is 1. The molecule has 2 unspecified atom stereocenters. The fourth-order valence-corrected chi connectivity index (χ4v) is 2.34. The third-order valence-corrected chi connectivity index (χ3v) is 4.25. The first-order chi connectivity index (χ1) is 10.3. The molecule has 0 spiro atoms. The van der Waals surface area contributed by atoms with Gasteiger partial charge in [0.25, 0.3) is 0 Å². The van der Waals surface area contributed by atoms with Gasteiger partial charge in [-0.15, -0.1) is 0 Å². The molecule has 126 valence electrons. The van der Waals surface area contributed by atoms with Crippen LogP contribution in [-0.4, -0.2) is 30.5 Å². The van der Waals surface area contributed by atoms with Gasteiger partial charge in [-0.25, -0.2) is 0 Å². The van der Waals surface area contributed by atoms with Gasteiger partial charge in [-0.05, 0) is 38.0 Å². The SMILES string of the molecule is C=C(N=C/C(C(C)=O)=C(\C(C)CC)N(C)CCC)C(C)CC. The Morgan fingerprint density at radius 3 is 2.14 bits per heavy atom. The number of nitrogens with zero attached hydrogens (tertiary/aromatic N) is 2. The maximum Gasteiger partial charge on any atom is 0.163 e. The summed E-state index contributed by atoms with van der Waals surface area (Å²) in [6, 6.07) is 0. The molecule has 0 radical (unpaired) electrons. The molecule has 22 heavy (non-hydrogen) atoms. The summed E-state index contributed by atoms with van der Waals surface area (Å²) in [6.07, 6.45) is 4.78. The lowest BCUT2D eigenvalue weighted by molar-refractivity contribution is -0.113. The monoisotopic (exact) mass is 306 g/mol. The number of hydrogen-bond donors (Lipinski definition) is 0. The molecule has 0 bridgehead atoms. The molecule has 3 nitrogen and oxygen atoms in total. The molecular weight excluding hydrogens is 272 g/mol. The van der Waals surface area contributed by atoms with Crippen LogP contribution in [0.2, 0.25) is 0 Å². The second-order valence-corrected chi connectivity index (χ2v) is 6.14. The summed E-state index contributed by atoms with van der Waals surface area (Å²) in [6.45, 7) is 17.3. The van der Waals surface area contributed by atoms with Crippen molar-refractivity contribution in [2.75, 3.05) is 13.6 Å². The van der Waals surface area contributed by atoms with Crippen molar-refractivity contribution in [1.29, 1.82) is 0 Å². The zero-order valence-corrected chi connectivity index (χ0v) is 15.6. The summed E-state index contributed by atoms with van der Waals surface area (Å²) in [5.74, 6) is 0.739. The molecule has 2 atom stereocenters. The van der Waals surface area contributed by atoms with Crippen LogP contribution in [0.1, 0.15) is 60.8 Å². The number of carbonyl (C=O) groups excluding carboxylic acids is 1. The van der Waals surface area contributed by atoms with Gasteiger partial charge in [0.1, 0.15) is 0 Å². The Morgan fingerprint density at radius 2 is 1.73 bits per heavy atom. The van der Waals surface area contributed by atoms with Crippen LogP contribution < -0.4 is 0 Å². The van der Waals surface area contributed by atoms with Crippen LogP contribution >= 0.6 is 0 Å². The summed E-state index contributed by atoms with van der Waals surface area (Å²) in [7, 11) is 2.06. The third-order valence-electron chi connectivity index (χ3n) is 4.25. The topological polar surface area (TPSA) is 32.7 Å². The van der Waals surface area contributed by atoms with E-state index in [9.17, 15) is 4.79 Å². The summed E-state index contributed by atoms with van der Waals surface area (Å²) in [4.78, 5) is 18.8. The van der Waals surface area contributed by atoms with E-state index in [1.54, 1.807) is 13.1 Å². The van der Waals surface area contributed by atoms with Gasteiger partial charge in [0.05, 0.1) is 5.57 Å². The van der Waals surface area contributed by atoms with E-state index in [0.29, 0.717) is 11.8 Å². The molecule has 0 aromatic rings. The van der Waals surface area contributed by atoms with Crippen molar-refractivity contribution in [3.05, 3.63) is 23.5 Å². The van der Waals surface area contributed by atoms with Gasteiger partial charge in [-0.2, -0.15) is 0 Å². The van der Waals surface area contributed by atoms with E-state index in [2.05, 4.69) is 58.1 Å². The number of allylic oxidation sites excluding steroid dienone is 3. The fourth-order valence-electron chi connectivity index (χ4n) is 2.34. The molecule has 0 aliphatic rings. The molecule has 0 N–H and O–H groups in total. The Labute approximate surface area is 137 Å². The van der Waals surface area contributed by atoms with Crippen molar-refractivity contribution in [2.45, 2.75) is 60.8 Å². The molecule has 0 saturated carbocycles. The molecule has 0 aromatic carbocycles. The number of ketones is 1. The smallest absolute Gasteiger partial charge is 0.163 e. The van der Waals surface area contributed by atoms with E-state index >= 15 is 0 Å². The van der Waals surface area contributed by atoms with Gasteiger partial charge in [-0.1, -0.05) is 41.2 Å². The van der Waals surface area contributed by atoms with Crippen molar-refractivity contribution in [1.82, 2.24) is 4.90 Å². The highest BCUT2D eigenvalue weighted by Gasteiger charge is 2.19. The second-order valence-electron chi connectivity index (χ2n) is 6.14. The summed E-state index contributed by atoms with van der Waals surface area (Å²) < 4.78 is 0. The largest absolute Gasteiger partial charge is 0.377 e.